The van der Waals surface area contributed by atoms with Gasteiger partial charge in [-0.1, -0.05) is 6.07 Å². The lowest BCUT2D eigenvalue weighted by atomic mass is 10.3. The lowest BCUT2D eigenvalue weighted by molar-refractivity contribution is 0.397. The van der Waals surface area contributed by atoms with E-state index in [-0.39, 0.29) is 0 Å². The number of hydrogen-bond donors (Lipinski definition) is 1. The van der Waals surface area contributed by atoms with Crippen LogP contribution in [-0.2, 0) is 6.54 Å². The Bertz CT molecular complexity index is 394. The van der Waals surface area contributed by atoms with E-state index in [9.17, 15) is 0 Å². The second kappa shape index (κ2) is 4.50. The molecule has 0 spiro atoms. The van der Waals surface area contributed by atoms with Crippen LogP contribution in [0, 0.1) is 0 Å². The van der Waals surface area contributed by atoms with Crippen LogP contribution >= 0.6 is 0 Å². The fraction of sp³-hybridized carbons (Fsp3) is 0.182. The first-order valence-corrected chi connectivity index (χ1v) is 4.74. The number of nitrogens with zero attached hydrogens (tertiary/aromatic N) is 2. The molecular formula is C11H13N3O. The predicted molar refractivity (Wildman–Crippen MR) is 58.3 cm³/mol. The van der Waals surface area contributed by atoms with E-state index in [0.717, 1.165) is 12.1 Å². The lowest BCUT2D eigenvalue weighted by Crippen LogP contribution is -2.11. The summed E-state index contributed by atoms with van der Waals surface area (Å²) >= 11 is 0. The summed E-state index contributed by atoms with van der Waals surface area (Å²) in [6.45, 7) is 0.742. The third-order valence-corrected chi connectivity index (χ3v) is 2.08. The van der Waals surface area contributed by atoms with Gasteiger partial charge in [-0.3, -0.25) is 4.68 Å². The molecule has 4 heteroatoms. The van der Waals surface area contributed by atoms with Gasteiger partial charge in [-0.25, -0.2) is 4.98 Å². The van der Waals surface area contributed by atoms with Crippen molar-refractivity contribution in [2.75, 3.05) is 12.5 Å². The third-order valence-electron chi connectivity index (χ3n) is 2.08. The lowest BCUT2D eigenvalue weighted by Gasteiger charge is -2.07. The first-order chi connectivity index (χ1) is 7.38. The molecule has 0 atom stereocenters. The molecule has 0 aromatic carbocycles. The largest absolute Gasteiger partial charge is 0.481 e. The van der Waals surface area contributed by atoms with E-state index in [2.05, 4.69) is 10.4 Å². The minimum atomic E-state index is 0.639. The van der Waals surface area contributed by atoms with Crippen LogP contribution in [0.4, 0.5) is 0 Å². The van der Waals surface area contributed by atoms with Gasteiger partial charge in [0.2, 0.25) is 5.88 Å². The highest BCUT2D eigenvalue weighted by Crippen LogP contribution is 2.06. The Hall–Kier alpha value is -1.97. The number of methoxy groups -OCH3 is 1. The minimum absolute atomic E-state index is 0.639. The zero-order valence-corrected chi connectivity index (χ0v) is 8.55. The number of rotatable bonds is 4. The average molecular weight is 203 g/mol. The Morgan fingerprint density at radius 2 is 2.13 bits per heavy atom. The summed E-state index contributed by atoms with van der Waals surface area (Å²) in [7, 11) is 1.61. The van der Waals surface area contributed by atoms with Crippen LogP contribution in [0.5, 0.6) is 5.88 Å². The smallest absolute Gasteiger partial charge is 0.212 e. The molecule has 0 aliphatic rings. The number of ether oxygens (including phenoxy) is 1. The highest BCUT2D eigenvalue weighted by molar-refractivity contribution is 5.18. The first-order valence-electron chi connectivity index (χ1n) is 4.74. The summed E-state index contributed by atoms with van der Waals surface area (Å²) in [5.74, 6) is 0.639. The van der Waals surface area contributed by atoms with Crippen molar-refractivity contribution >= 4 is 0 Å². The summed E-state index contributed by atoms with van der Waals surface area (Å²) in [5.41, 5.74) is 4.33. The third kappa shape index (κ3) is 2.49. The van der Waals surface area contributed by atoms with Crippen LogP contribution in [0.3, 0.4) is 0 Å². The van der Waals surface area contributed by atoms with Crippen LogP contribution in [-0.4, -0.2) is 16.8 Å². The van der Waals surface area contributed by atoms with E-state index in [1.54, 1.807) is 13.3 Å². The van der Waals surface area contributed by atoms with Gasteiger partial charge in [0.05, 0.1) is 13.7 Å². The van der Waals surface area contributed by atoms with Crippen LogP contribution in [0.1, 0.15) is 5.56 Å². The van der Waals surface area contributed by atoms with Crippen LogP contribution in [0.25, 0.3) is 0 Å². The zero-order valence-electron chi connectivity index (χ0n) is 8.55. The van der Waals surface area contributed by atoms with Crippen molar-refractivity contribution in [3.63, 3.8) is 0 Å². The van der Waals surface area contributed by atoms with Crippen LogP contribution in [0.15, 0.2) is 42.9 Å². The molecular weight excluding hydrogens is 190 g/mol. The highest BCUT2D eigenvalue weighted by Gasteiger charge is 1.94. The first kappa shape index (κ1) is 9.58. The maximum absolute atomic E-state index is 4.98. The molecule has 15 heavy (non-hydrogen) atoms. The van der Waals surface area contributed by atoms with Gasteiger partial charge in [-0.15, -0.1) is 0 Å². The molecule has 78 valence electrons. The molecule has 2 rings (SSSR count). The van der Waals surface area contributed by atoms with Gasteiger partial charge in [-0.2, -0.15) is 0 Å². The van der Waals surface area contributed by atoms with Gasteiger partial charge >= 0.3 is 0 Å². The SMILES string of the molecule is COc1ccc(CNn2cccc2)cn1. The van der Waals surface area contributed by atoms with Crippen molar-refractivity contribution in [2.24, 2.45) is 0 Å². The Kier molecular flexibility index (Phi) is 2.88. The second-order valence-corrected chi connectivity index (χ2v) is 3.13. The Morgan fingerprint density at radius 1 is 1.33 bits per heavy atom. The van der Waals surface area contributed by atoms with Gasteiger partial charge in [0.15, 0.2) is 0 Å². The molecule has 1 N–H and O–H groups in total. The number of nitrogens with one attached hydrogen (secondary N) is 1. The number of aromatic nitrogens is 2. The molecule has 0 aliphatic heterocycles. The van der Waals surface area contributed by atoms with Gasteiger partial charge in [0.1, 0.15) is 0 Å². The Morgan fingerprint density at radius 3 is 2.73 bits per heavy atom. The molecule has 4 nitrogen and oxygen atoms in total. The summed E-state index contributed by atoms with van der Waals surface area (Å²) in [5, 5.41) is 0. The molecule has 2 aromatic heterocycles. The second-order valence-electron chi connectivity index (χ2n) is 3.13. The van der Waals surface area contributed by atoms with Gasteiger partial charge in [-0.05, 0) is 17.7 Å². The number of hydrogen-bond acceptors (Lipinski definition) is 3. The van der Waals surface area contributed by atoms with Gasteiger partial charge in [0, 0.05) is 24.7 Å². The molecule has 0 saturated heterocycles. The van der Waals surface area contributed by atoms with E-state index in [4.69, 9.17) is 4.74 Å². The van der Waals surface area contributed by atoms with Crippen LogP contribution in [0.2, 0.25) is 0 Å². The maximum atomic E-state index is 4.98. The molecule has 0 saturated carbocycles. The number of pyridine rings is 1. The highest BCUT2D eigenvalue weighted by atomic mass is 16.5. The molecule has 0 amide bonds. The fourth-order valence-electron chi connectivity index (χ4n) is 1.26. The van der Waals surface area contributed by atoms with Crippen molar-refractivity contribution in [3.05, 3.63) is 48.4 Å². The van der Waals surface area contributed by atoms with Crippen molar-refractivity contribution < 1.29 is 4.74 Å². The monoisotopic (exact) mass is 203 g/mol. The van der Waals surface area contributed by atoms with Crippen LogP contribution < -0.4 is 10.2 Å². The molecule has 0 aliphatic carbocycles. The summed E-state index contributed by atoms with van der Waals surface area (Å²) in [6, 6.07) is 7.79. The molecule has 0 radical (unpaired) electrons. The van der Waals surface area contributed by atoms with Crippen molar-refractivity contribution in [2.45, 2.75) is 6.54 Å². The molecule has 0 unspecified atom stereocenters. The normalized spacial score (nSPS) is 9.93. The van der Waals surface area contributed by atoms with Crippen molar-refractivity contribution in [3.8, 4) is 5.88 Å². The summed E-state index contributed by atoms with van der Waals surface area (Å²) in [4.78, 5) is 4.13. The zero-order chi connectivity index (χ0) is 10.5. The fourth-order valence-corrected chi connectivity index (χ4v) is 1.26. The van der Waals surface area contributed by atoms with E-state index >= 15 is 0 Å². The summed E-state index contributed by atoms with van der Waals surface area (Å²) in [6.07, 6.45) is 5.71. The Balaban J connectivity index is 1.93. The molecule has 2 aromatic rings. The van der Waals surface area contributed by atoms with E-state index in [1.165, 1.54) is 0 Å². The van der Waals surface area contributed by atoms with Crippen molar-refractivity contribution in [1.29, 1.82) is 0 Å². The van der Waals surface area contributed by atoms with E-state index in [0.29, 0.717) is 5.88 Å². The van der Waals surface area contributed by atoms with Gasteiger partial charge < -0.3 is 10.2 Å². The predicted octanol–water partition coefficient (Wildman–Crippen LogP) is 1.64. The van der Waals surface area contributed by atoms with Gasteiger partial charge in [0.25, 0.3) is 0 Å². The minimum Gasteiger partial charge on any atom is -0.481 e. The van der Waals surface area contributed by atoms with E-state index in [1.807, 2.05) is 41.3 Å². The van der Waals surface area contributed by atoms with Crippen molar-refractivity contribution in [1.82, 2.24) is 9.66 Å². The summed E-state index contributed by atoms with van der Waals surface area (Å²) < 4.78 is 6.89. The maximum Gasteiger partial charge on any atom is 0.212 e. The molecule has 2 heterocycles. The average Bonchev–Trinajstić information content (AvgIpc) is 2.80. The topological polar surface area (TPSA) is 39.1 Å². The quantitative estimate of drug-likeness (QED) is 0.821. The standard InChI is InChI=1S/C11H13N3O/c1-15-11-5-4-10(8-12-11)9-13-14-6-2-3-7-14/h2-8,13H,9H2,1H3. The molecule has 0 bridgehead atoms. The molecule has 0 fully saturated rings. The van der Waals surface area contributed by atoms with E-state index < -0.39 is 0 Å². The Labute approximate surface area is 88.5 Å².